The number of anilines is 1. The van der Waals surface area contributed by atoms with Crippen molar-refractivity contribution >= 4 is 5.69 Å². The zero-order valence-electron chi connectivity index (χ0n) is 10.3. The van der Waals surface area contributed by atoms with E-state index in [4.69, 9.17) is 0 Å². The maximum absolute atomic E-state index is 3.62. The van der Waals surface area contributed by atoms with E-state index in [-0.39, 0.29) is 0 Å². The van der Waals surface area contributed by atoms with Gasteiger partial charge in [-0.1, -0.05) is 12.1 Å². The Morgan fingerprint density at radius 1 is 1.31 bits per heavy atom. The van der Waals surface area contributed by atoms with Gasteiger partial charge in [-0.05, 0) is 63.4 Å². The maximum Gasteiger partial charge on any atom is 0.0344 e. The van der Waals surface area contributed by atoms with Crippen molar-refractivity contribution in [2.45, 2.75) is 32.7 Å². The Balaban J connectivity index is 1.93. The van der Waals surface area contributed by atoms with Crippen molar-refractivity contribution in [3.05, 3.63) is 29.8 Å². The van der Waals surface area contributed by atoms with Crippen molar-refractivity contribution in [2.75, 3.05) is 18.4 Å². The first-order valence-electron chi connectivity index (χ1n) is 6.29. The van der Waals surface area contributed by atoms with E-state index in [9.17, 15) is 0 Å². The molecule has 1 atom stereocenters. The van der Waals surface area contributed by atoms with Gasteiger partial charge in [0.2, 0.25) is 0 Å². The van der Waals surface area contributed by atoms with Gasteiger partial charge in [-0.2, -0.15) is 0 Å². The molecule has 1 heterocycles. The summed E-state index contributed by atoms with van der Waals surface area (Å²) in [5.41, 5.74) is 2.58. The van der Waals surface area contributed by atoms with Crippen LogP contribution in [0.2, 0.25) is 0 Å². The fraction of sp³-hybridized carbons (Fsp3) is 0.571. The van der Waals surface area contributed by atoms with E-state index in [0.29, 0.717) is 6.04 Å². The van der Waals surface area contributed by atoms with Crippen molar-refractivity contribution in [1.82, 2.24) is 5.32 Å². The van der Waals surface area contributed by atoms with Crippen LogP contribution in [0, 0.1) is 12.8 Å². The van der Waals surface area contributed by atoms with Crippen LogP contribution in [0.5, 0.6) is 0 Å². The molecule has 1 aliphatic rings. The molecule has 1 aromatic carbocycles. The van der Waals surface area contributed by atoms with Crippen LogP contribution in [0.4, 0.5) is 5.69 Å². The first kappa shape index (κ1) is 11.5. The van der Waals surface area contributed by atoms with Crippen molar-refractivity contribution < 1.29 is 0 Å². The minimum absolute atomic E-state index is 0.573. The molecule has 0 saturated carbocycles. The van der Waals surface area contributed by atoms with E-state index in [0.717, 1.165) is 5.92 Å². The van der Waals surface area contributed by atoms with Crippen molar-refractivity contribution in [2.24, 2.45) is 5.92 Å². The number of nitrogens with one attached hydrogen (secondary N) is 2. The third-order valence-electron chi connectivity index (χ3n) is 3.50. The van der Waals surface area contributed by atoms with Crippen LogP contribution in [0.25, 0.3) is 0 Å². The molecule has 0 aromatic heterocycles. The van der Waals surface area contributed by atoms with Crippen LogP contribution < -0.4 is 10.6 Å². The van der Waals surface area contributed by atoms with Crippen LogP contribution in [0.3, 0.4) is 0 Å². The summed E-state index contributed by atoms with van der Waals surface area (Å²) in [5, 5.41) is 7.04. The van der Waals surface area contributed by atoms with Gasteiger partial charge in [-0.25, -0.2) is 0 Å². The van der Waals surface area contributed by atoms with Crippen LogP contribution in [0.15, 0.2) is 24.3 Å². The van der Waals surface area contributed by atoms with Gasteiger partial charge in [0, 0.05) is 11.7 Å². The quantitative estimate of drug-likeness (QED) is 0.815. The van der Waals surface area contributed by atoms with Crippen LogP contribution in [-0.4, -0.2) is 19.1 Å². The lowest BCUT2D eigenvalue weighted by molar-refractivity contribution is 0.343. The molecule has 2 heteroatoms. The molecule has 0 bridgehead atoms. The Bertz CT molecular complexity index is 329. The Labute approximate surface area is 98.4 Å². The van der Waals surface area contributed by atoms with Gasteiger partial charge in [0.1, 0.15) is 0 Å². The number of benzene rings is 1. The van der Waals surface area contributed by atoms with Crippen LogP contribution >= 0.6 is 0 Å². The first-order chi connectivity index (χ1) is 7.75. The second-order valence-electron chi connectivity index (χ2n) is 4.89. The summed E-state index contributed by atoms with van der Waals surface area (Å²) >= 11 is 0. The van der Waals surface area contributed by atoms with E-state index < -0.39 is 0 Å². The Morgan fingerprint density at radius 2 is 2.06 bits per heavy atom. The summed E-state index contributed by atoms with van der Waals surface area (Å²) in [5.74, 6) is 0.807. The molecule has 16 heavy (non-hydrogen) atoms. The zero-order valence-corrected chi connectivity index (χ0v) is 10.3. The molecule has 1 aliphatic heterocycles. The largest absolute Gasteiger partial charge is 0.382 e. The molecular weight excluding hydrogens is 196 g/mol. The Kier molecular flexibility index (Phi) is 3.83. The molecule has 2 rings (SSSR count). The molecule has 2 nitrogen and oxygen atoms in total. The topological polar surface area (TPSA) is 24.1 Å². The normalized spacial score (nSPS) is 19.4. The molecule has 0 spiro atoms. The van der Waals surface area contributed by atoms with E-state index >= 15 is 0 Å². The van der Waals surface area contributed by atoms with E-state index in [1.54, 1.807) is 0 Å². The zero-order chi connectivity index (χ0) is 11.4. The standard InChI is InChI=1S/C14H22N2/c1-11-4-3-5-14(10-11)16-12(2)13-6-8-15-9-7-13/h3-5,10,12-13,15-16H,6-9H2,1-2H3. The fourth-order valence-electron chi connectivity index (χ4n) is 2.46. The minimum atomic E-state index is 0.573. The molecule has 1 fully saturated rings. The van der Waals surface area contributed by atoms with Crippen molar-refractivity contribution in [3.8, 4) is 0 Å². The second kappa shape index (κ2) is 5.35. The SMILES string of the molecule is Cc1cccc(NC(C)C2CCNCC2)c1. The van der Waals surface area contributed by atoms with E-state index in [1.807, 2.05) is 0 Å². The molecule has 0 amide bonds. The number of hydrogen-bond donors (Lipinski definition) is 2. The Morgan fingerprint density at radius 3 is 2.75 bits per heavy atom. The minimum Gasteiger partial charge on any atom is -0.382 e. The molecule has 1 saturated heterocycles. The molecule has 0 radical (unpaired) electrons. The predicted octanol–water partition coefficient (Wildman–Crippen LogP) is 2.80. The van der Waals surface area contributed by atoms with Gasteiger partial charge in [-0.15, -0.1) is 0 Å². The predicted molar refractivity (Wildman–Crippen MR) is 69.9 cm³/mol. The third-order valence-corrected chi connectivity index (χ3v) is 3.50. The molecule has 1 aromatic rings. The second-order valence-corrected chi connectivity index (χ2v) is 4.89. The lowest BCUT2D eigenvalue weighted by atomic mass is 9.91. The summed E-state index contributed by atoms with van der Waals surface area (Å²) in [4.78, 5) is 0. The van der Waals surface area contributed by atoms with Gasteiger partial charge in [0.25, 0.3) is 0 Å². The average Bonchev–Trinajstić information content (AvgIpc) is 2.30. The average molecular weight is 218 g/mol. The van der Waals surface area contributed by atoms with Gasteiger partial charge >= 0.3 is 0 Å². The van der Waals surface area contributed by atoms with Gasteiger partial charge in [0.05, 0.1) is 0 Å². The lowest BCUT2D eigenvalue weighted by Gasteiger charge is -2.29. The van der Waals surface area contributed by atoms with Gasteiger partial charge in [0.15, 0.2) is 0 Å². The number of aryl methyl sites for hydroxylation is 1. The van der Waals surface area contributed by atoms with Crippen molar-refractivity contribution in [1.29, 1.82) is 0 Å². The highest BCUT2D eigenvalue weighted by Crippen LogP contribution is 2.20. The van der Waals surface area contributed by atoms with Crippen LogP contribution in [-0.2, 0) is 0 Å². The summed E-state index contributed by atoms with van der Waals surface area (Å²) < 4.78 is 0. The highest BCUT2D eigenvalue weighted by atomic mass is 14.9. The number of rotatable bonds is 3. The van der Waals surface area contributed by atoms with E-state index in [2.05, 4.69) is 48.7 Å². The monoisotopic (exact) mass is 218 g/mol. The number of hydrogen-bond acceptors (Lipinski definition) is 2. The number of piperidine rings is 1. The highest BCUT2D eigenvalue weighted by Gasteiger charge is 2.19. The summed E-state index contributed by atoms with van der Waals surface area (Å²) in [7, 11) is 0. The molecule has 2 N–H and O–H groups in total. The fourth-order valence-corrected chi connectivity index (χ4v) is 2.46. The summed E-state index contributed by atoms with van der Waals surface area (Å²) in [6.07, 6.45) is 2.58. The Hall–Kier alpha value is -1.02. The first-order valence-corrected chi connectivity index (χ1v) is 6.29. The highest BCUT2D eigenvalue weighted by molar-refractivity contribution is 5.46. The van der Waals surface area contributed by atoms with Gasteiger partial charge < -0.3 is 10.6 Å². The lowest BCUT2D eigenvalue weighted by Crippen LogP contribution is -2.36. The van der Waals surface area contributed by atoms with Crippen LogP contribution in [0.1, 0.15) is 25.3 Å². The summed E-state index contributed by atoms with van der Waals surface area (Å²) in [6.45, 7) is 6.79. The maximum atomic E-state index is 3.62. The molecule has 88 valence electrons. The molecule has 0 aliphatic carbocycles. The third kappa shape index (κ3) is 2.99. The van der Waals surface area contributed by atoms with Gasteiger partial charge in [-0.3, -0.25) is 0 Å². The molecule has 1 unspecified atom stereocenters. The van der Waals surface area contributed by atoms with Crippen molar-refractivity contribution in [3.63, 3.8) is 0 Å². The molecular formula is C14H22N2. The summed E-state index contributed by atoms with van der Waals surface area (Å²) in [6, 6.07) is 9.21. The van der Waals surface area contributed by atoms with E-state index in [1.165, 1.54) is 37.2 Å². The smallest absolute Gasteiger partial charge is 0.0344 e.